The first-order valence-corrected chi connectivity index (χ1v) is 7.20. The van der Waals surface area contributed by atoms with Crippen molar-refractivity contribution in [3.63, 3.8) is 0 Å². The molecule has 2 aromatic heterocycles. The third kappa shape index (κ3) is 1.87. The van der Waals surface area contributed by atoms with E-state index < -0.39 is 5.50 Å². The van der Waals surface area contributed by atoms with Gasteiger partial charge in [-0.05, 0) is 17.7 Å². The van der Waals surface area contributed by atoms with Gasteiger partial charge in [0.25, 0.3) is 5.91 Å². The molecule has 4 rings (SSSR count). The standard InChI is InChI=1S/C14H12FN5OS/c15-8-2-1-3-9-10(8)7(4-16-9)5-20-12-11(17-6-18-12)13(21)19-14(20)22/h1-4,6,14,16,22H,5H2,(H,17,18)(H,19,21). The van der Waals surface area contributed by atoms with Gasteiger partial charge in [0.1, 0.15) is 17.0 Å². The third-order valence-electron chi connectivity index (χ3n) is 3.75. The quantitative estimate of drug-likeness (QED) is 0.546. The van der Waals surface area contributed by atoms with Crippen LogP contribution in [0.2, 0.25) is 0 Å². The van der Waals surface area contributed by atoms with Gasteiger partial charge in [-0.25, -0.2) is 9.37 Å². The van der Waals surface area contributed by atoms with Crippen molar-refractivity contribution in [3.05, 3.63) is 47.8 Å². The van der Waals surface area contributed by atoms with Crippen LogP contribution in [-0.2, 0) is 6.54 Å². The van der Waals surface area contributed by atoms with Gasteiger partial charge in [0.2, 0.25) is 0 Å². The first kappa shape index (κ1) is 13.2. The molecule has 0 bridgehead atoms. The predicted molar refractivity (Wildman–Crippen MR) is 83.3 cm³/mol. The second-order valence-electron chi connectivity index (χ2n) is 5.05. The lowest BCUT2D eigenvalue weighted by molar-refractivity contribution is 0.0937. The highest BCUT2D eigenvalue weighted by Gasteiger charge is 2.31. The van der Waals surface area contributed by atoms with Crippen LogP contribution in [-0.4, -0.2) is 26.4 Å². The summed E-state index contributed by atoms with van der Waals surface area (Å²) < 4.78 is 14.1. The van der Waals surface area contributed by atoms with Crippen molar-refractivity contribution in [1.82, 2.24) is 20.3 Å². The maximum Gasteiger partial charge on any atom is 0.273 e. The maximum absolute atomic E-state index is 14.1. The molecule has 8 heteroatoms. The second-order valence-corrected chi connectivity index (χ2v) is 5.54. The summed E-state index contributed by atoms with van der Waals surface area (Å²) in [6.45, 7) is 0.368. The molecule has 0 radical (unpaired) electrons. The Labute approximate surface area is 130 Å². The van der Waals surface area contributed by atoms with E-state index in [2.05, 4.69) is 32.9 Å². The number of nitrogens with zero attached hydrogens (tertiary/aromatic N) is 2. The Bertz CT molecular complexity index is 873. The molecule has 0 spiro atoms. The number of nitrogens with one attached hydrogen (secondary N) is 3. The van der Waals surface area contributed by atoms with E-state index in [9.17, 15) is 9.18 Å². The average Bonchev–Trinajstić information content (AvgIpc) is 3.11. The van der Waals surface area contributed by atoms with Crippen LogP contribution in [0.3, 0.4) is 0 Å². The van der Waals surface area contributed by atoms with Gasteiger partial charge in [0, 0.05) is 23.6 Å². The van der Waals surface area contributed by atoms with E-state index >= 15 is 0 Å². The molecule has 1 aliphatic rings. The summed E-state index contributed by atoms with van der Waals surface area (Å²) in [5.41, 5.74) is 1.36. The number of fused-ring (bicyclic) bond motifs is 2. The lowest BCUT2D eigenvalue weighted by Crippen LogP contribution is -2.49. The lowest BCUT2D eigenvalue weighted by atomic mass is 10.1. The summed E-state index contributed by atoms with van der Waals surface area (Å²) in [7, 11) is 0. The monoisotopic (exact) mass is 317 g/mol. The molecule has 6 nitrogen and oxygen atoms in total. The topological polar surface area (TPSA) is 76.8 Å². The van der Waals surface area contributed by atoms with Crippen molar-refractivity contribution in [2.75, 3.05) is 4.90 Å². The van der Waals surface area contributed by atoms with Gasteiger partial charge in [-0.15, -0.1) is 12.6 Å². The van der Waals surface area contributed by atoms with Gasteiger partial charge < -0.3 is 20.2 Å². The zero-order valence-electron chi connectivity index (χ0n) is 11.3. The molecule has 3 heterocycles. The van der Waals surface area contributed by atoms with Crippen LogP contribution < -0.4 is 10.2 Å². The van der Waals surface area contributed by atoms with E-state index in [1.165, 1.54) is 12.4 Å². The summed E-state index contributed by atoms with van der Waals surface area (Å²) >= 11 is 4.38. The number of aromatic amines is 2. The first-order valence-electron chi connectivity index (χ1n) is 6.68. The van der Waals surface area contributed by atoms with Crippen molar-refractivity contribution >= 4 is 35.3 Å². The fourth-order valence-corrected chi connectivity index (χ4v) is 3.04. The molecule has 1 atom stereocenters. The summed E-state index contributed by atoms with van der Waals surface area (Å²) in [4.78, 5) is 23.7. The zero-order valence-corrected chi connectivity index (χ0v) is 12.2. The Morgan fingerprint density at radius 2 is 2.23 bits per heavy atom. The Hall–Kier alpha value is -2.48. The number of hydrogen-bond acceptors (Lipinski definition) is 4. The van der Waals surface area contributed by atoms with Crippen LogP contribution in [0.25, 0.3) is 10.9 Å². The molecule has 0 saturated heterocycles. The van der Waals surface area contributed by atoms with Crippen molar-refractivity contribution in [2.45, 2.75) is 12.0 Å². The van der Waals surface area contributed by atoms with Gasteiger partial charge in [-0.3, -0.25) is 4.79 Å². The largest absolute Gasteiger partial charge is 0.361 e. The molecule has 1 aliphatic heterocycles. The number of rotatable bonds is 2. The second kappa shape index (κ2) is 4.77. The molecular formula is C14H12FN5OS. The first-order chi connectivity index (χ1) is 10.6. The molecule has 0 fully saturated rings. The Morgan fingerprint density at radius 3 is 3.09 bits per heavy atom. The normalized spacial score (nSPS) is 17.6. The number of carbonyl (C=O) groups is 1. The van der Waals surface area contributed by atoms with E-state index in [1.54, 1.807) is 17.2 Å². The number of amides is 1. The third-order valence-corrected chi connectivity index (χ3v) is 4.16. The molecule has 3 N–H and O–H groups in total. The molecule has 112 valence electrons. The Balaban J connectivity index is 1.77. The van der Waals surface area contributed by atoms with E-state index in [0.29, 0.717) is 23.4 Å². The van der Waals surface area contributed by atoms with Crippen LogP contribution in [0.4, 0.5) is 10.2 Å². The van der Waals surface area contributed by atoms with Gasteiger partial charge in [-0.1, -0.05) is 6.07 Å². The number of aromatic nitrogens is 3. The molecule has 3 aromatic rings. The van der Waals surface area contributed by atoms with Crippen LogP contribution in [0.5, 0.6) is 0 Å². The van der Waals surface area contributed by atoms with Crippen molar-refractivity contribution in [3.8, 4) is 0 Å². The number of halogens is 1. The van der Waals surface area contributed by atoms with Gasteiger partial charge >= 0.3 is 0 Å². The average molecular weight is 317 g/mol. The number of hydrogen-bond donors (Lipinski definition) is 4. The highest BCUT2D eigenvalue weighted by atomic mass is 32.1. The Morgan fingerprint density at radius 1 is 1.36 bits per heavy atom. The fourth-order valence-electron chi connectivity index (χ4n) is 2.73. The van der Waals surface area contributed by atoms with E-state index in [-0.39, 0.29) is 11.7 Å². The van der Waals surface area contributed by atoms with Crippen LogP contribution in [0, 0.1) is 5.82 Å². The molecule has 1 unspecified atom stereocenters. The van der Waals surface area contributed by atoms with Gasteiger partial charge in [0.15, 0.2) is 5.82 Å². The van der Waals surface area contributed by atoms with Crippen molar-refractivity contribution in [1.29, 1.82) is 0 Å². The summed E-state index contributed by atoms with van der Waals surface area (Å²) in [5, 5.41) is 3.26. The summed E-state index contributed by atoms with van der Waals surface area (Å²) in [6.07, 6.45) is 3.22. The number of thiol groups is 1. The van der Waals surface area contributed by atoms with Gasteiger partial charge in [0.05, 0.1) is 6.33 Å². The molecule has 1 aromatic carbocycles. The molecule has 22 heavy (non-hydrogen) atoms. The number of anilines is 1. The highest BCUT2D eigenvalue weighted by molar-refractivity contribution is 7.81. The minimum absolute atomic E-state index is 0.256. The summed E-state index contributed by atoms with van der Waals surface area (Å²) in [6, 6.07) is 4.90. The minimum atomic E-state index is -0.528. The van der Waals surface area contributed by atoms with E-state index in [1.807, 2.05) is 6.07 Å². The Kier molecular flexibility index (Phi) is 2.86. The number of benzene rings is 1. The maximum atomic E-state index is 14.1. The smallest absolute Gasteiger partial charge is 0.273 e. The van der Waals surface area contributed by atoms with Gasteiger partial charge in [-0.2, -0.15) is 0 Å². The minimum Gasteiger partial charge on any atom is -0.361 e. The van der Waals surface area contributed by atoms with E-state index in [0.717, 1.165) is 11.1 Å². The van der Waals surface area contributed by atoms with Crippen LogP contribution >= 0.6 is 12.6 Å². The molecule has 0 aliphatic carbocycles. The number of H-pyrrole nitrogens is 2. The molecule has 1 amide bonds. The highest BCUT2D eigenvalue weighted by Crippen LogP contribution is 2.29. The number of imidazole rings is 1. The predicted octanol–water partition coefficient (Wildman–Crippen LogP) is 1.99. The fraction of sp³-hybridized carbons (Fsp3) is 0.143. The lowest BCUT2D eigenvalue weighted by Gasteiger charge is -2.33. The molecule has 0 saturated carbocycles. The zero-order chi connectivity index (χ0) is 15.3. The van der Waals surface area contributed by atoms with Crippen molar-refractivity contribution < 1.29 is 9.18 Å². The van der Waals surface area contributed by atoms with Crippen molar-refractivity contribution in [2.24, 2.45) is 0 Å². The number of carbonyl (C=O) groups excluding carboxylic acids is 1. The van der Waals surface area contributed by atoms with Crippen LogP contribution in [0.15, 0.2) is 30.7 Å². The molecular weight excluding hydrogens is 305 g/mol. The van der Waals surface area contributed by atoms with E-state index in [4.69, 9.17) is 0 Å². The SMILES string of the molecule is O=C1NC(S)N(Cc2c[nH]c3cccc(F)c23)c2nc[nH]c21. The van der Waals surface area contributed by atoms with Crippen LogP contribution in [0.1, 0.15) is 16.1 Å². The summed E-state index contributed by atoms with van der Waals surface area (Å²) in [5.74, 6) is -0.0314.